The number of anilines is 1. The van der Waals surface area contributed by atoms with Crippen LogP contribution in [0.5, 0.6) is 0 Å². The van der Waals surface area contributed by atoms with Crippen molar-refractivity contribution in [2.24, 2.45) is 0 Å². The summed E-state index contributed by atoms with van der Waals surface area (Å²) in [5.74, 6) is 0. The number of nitrogens with zero attached hydrogens (tertiary/aromatic N) is 1. The van der Waals surface area contributed by atoms with E-state index in [0.29, 0.717) is 5.13 Å². The molecule has 1 aromatic carbocycles. The number of hydrogen-bond donors (Lipinski definition) is 1. The van der Waals surface area contributed by atoms with Crippen LogP contribution in [0, 0.1) is 0 Å². The van der Waals surface area contributed by atoms with Gasteiger partial charge in [-0.2, -0.15) is 0 Å². The lowest BCUT2D eigenvalue weighted by Gasteiger charge is -2.04. The third kappa shape index (κ3) is 1.48. The second-order valence-electron chi connectivity index (χ2n) is 3.35. The minimum Gasteiger partial charge on any atom is -0.375 e. The van der Waals surface area contributed by atoms with Crippen molar-refractivity contribution in [1.82, 2.24) is 4.98 Å². The van der Waals surface area contributed by atoms with Crippen LogP contribution in [-0.2, 0) is 12.8 Å². The van der Waals surface area contributed by atoms with Gasteiger partial charge in [-0.15, -0.1) is 0 Å². The molecular weight excluding hydrogens is 192 g/mol. The molecule has 0 aliphatic rings. The maximum Gasteiger partial charge on any atom is 0.181 e. The highest BCUT2D eigenvalue weighted by Gasteiger charge is 2.05. The van der Waals surface area contributed by atoms with Crippen LogP contribution in [0.1, 0.15) is 25.0 Å². The highest BCUT2D eigenvalue weighted by molar-refractivity contribution is 7.22. The minimum atomic E-state index is 0.662. The van der Waals surface area contributed by atoms with Crippen LogP contribution in [0.15, 0.2) is 12.1 Å². The Kier molecular flexibility index (Phi) is 2.42. The molecule has 0 bridgehead atoms. The van der Waals surface area contributed by atoms with Gasteiger partial charge in [0.05, 0.1) is 10.2 Å². The van der Waals surface area contributed by atoms with E-state index in [1.165, 1.54) is 15.8 Å². The zero-order chi connectivity index (χ0) is 10.1. The lowest BCUT2D eigenvalue weighted by molar-refractivity contribution is 1.04. The maximum atomic E-state index is 5.68. The van der Waals surface area contributed by atoms with E-state index in [1.807, 2.05) is 0 Å². The number of fused-ring (bicyclic) bond motifs is 1. The van der Waals surface area contributed by atoms with Gasteiger partial charge >= 0.3 is 0 Å². The largest absolute Gasteiger partial charge is 0.375 e. The smallest absolute Gasteiger partial charge is 0.181 e. The summed E-state index contributed by atoms with van der Waals surface area (Å²) in [5.41, 5.74) is 9.54. The summed E-state index contributed by atoms with van der Waals surface area (Å²) in [7, 11) is 0. The number of aryl methyl sites for hydroxylation is 2. The van der Waals surface area contributed by atoms with Gasteiger partial charge < -0.3 is 5.73 Å². The number of nitrogens with two attached hydrogens (primary N) is 1. The molecule has 0 atom stereocenters. The second-order valence-corrected chi connectivity index (χ2v) is 4.41. The molecule has 2 rings (SSSR count). The van der Waals surface area contributed by atoms with Crippen LogP contribution in [-0.4, -0.2) is 4.98 Å². The van der Waals surface area contributed by atoms with Crippen LogP contribution < -0.4 is 5.73 Å². The molecular formula is C11H14N2S. The Hall–Kier alpha value is -1.09. The fraction of sp³-hybridized carbons (Fsp3) is 0.364. The Balaban J connectivity index is 2.68. The van der Waals surface area contributed by atoms with Crippen LogP contribution in [0.4, 0.5) is 5.13 Å². The first-order valence-electron chi connectivity index (χ1n) is 4.92. The van der Waals surface area contributed by atoms with Crippen LogP contribution >= 0.6 is 11.3 Å². The van der Waals surface area contributed by atoms with E-state index in [-0.39, 0.29) is 0 Å². The van der Waals surface area contributed by atoms with Gasteiger partial charge in [0.2, 0.25) is 0 Å². The van der Waals surface area contributed by atoms with Gasteiger partial charge in [0.25, 0.3) is 0 Å². The molecule has 0 spiro atoms. The fourth-order valence-corrected chi connectivity index (χ4v) is 2.51. The number of rotatable bonds is 2. The lowest BCUT2D eigenvalue weighted by atomic mass is 10.0. The van der Waals surface area contributed by atoms with Crippen molar-refractivity contribution in [2.75, 3.05) is 5.73 Å². The molecule has 0 radical (unpaired) electrons. The third-order valence-electron chi connectivity index (χ3n) is 2.49. The second kappa shape index (κ2) is 3.58. The molecule has 0 aliphatic heterocycles. The molecule has 2 nitrogen and oxygen atoms in total. The summed E-state index contributed by atoms with van der Waals surface area (Å²) < 4.78 is 1.21. The molecule has 0 saturated heterocycles. The molecule has 2 N–H and O–H groups in total. The SMILES string of the molecule is CCc1cc2nc(N)sc2cc1CC. The molecule has 0 saturated carbocycles. The van der Waals surface area contributed by atoms with Crippen molar-refractivity contribution in [2.45, 2.75) is 26.7 Å². The van der Waals surface area contributed by atoms with E-state index in [0.717, 1.165) is 18.4 Å². The Bertz CT molecular complexity index is 419. The van der Waals surface area contributed by atoms with Crippen molar-refractivity contribution in [3.63, 3.8) is 0 Å². The van der Waals surface area contributed by atoms with Crippen molar-refractivity contribution in [1.29, 1.82) is 0 Å². The molecule has 0 amide bonds. The maximum absolute atomic E-state index is 5.68. The van der Waals surface area contributed by atoms with Gasteiger partial charge in [-0.05, 0) is 36.1 Å². The number of nitrogen functional groups attached to an aromatic ring is 1. The Morgan fingerprint density at radius 3 is 2.50 bits per heavy atom. The fourth-order valence-electron chi connectivity index (χ4n) is 1.74. The van der Waals surface area contributed by atoms with Crippen LogP contribution in [0.3, 0.4) is 0 Å². The first kappa shape index (κ1) is 9.46. The van der Waals surface area contributed by atoms with E-state index in [9.17, 15) is 0 Å². The van der Waals surface area contributed by atoms with Gasteiger partial charge in [0.15, 0.2) is 5.13 Å². The molecule has 74 valence electrons. The predicted molar refractivity (Wildman–Crippen MR) is 62.8 cm³/mol. The van der Waals surface area contributed by atoms with Gasteiger partial charge in [-0.3, -0.25) is 0 Å². The summed E-state index contributed by atoms with van der Waals surface area (Å²) in [6.45, 7) is 4.36. The van der Waals surface area contributed by atoms with Gasteiger partial charge in [0, 0.05) is 0 Å². The van der Waals surface area contributed by atoms with Crippen molar-refractivity contribution in [3.05, 3.63) is 23.3 Å². The molecule has 1 heterocycles. The molecule has 2 aromatic rings. The van der Waals surface area contributed by atoms with E-state index < -0.39 is 0 Å². The first-order chi connectivity index (χ1) is 6.74. The summed E-state index contributed by atoms with van der Waals surface area (Å²) in [5, 5.41) is 0.662. The molecule has 0 unspecified atom stereocenters. The van der Waals surface area contributed by atoms with E-state index in [4.69, 9.17) is 5.73 Å². The Morgan fingerprint density at radius 2 is 1.86 bits per heavy atom. The van der Waals surface area contributed by atoms with Crippen LogP contribution in [0.25, 0.3) is 10.2 Å². The normalized spacial score (nSPS) is 11.0. The first-order valence-corrected chi connectivity index (χ1v) is 5.74. The average Bonchev–Trinajstić information content (AvgIpc) is 2.54. The lowest BCUT2D eigenvalue weighted by Crippen LogP contribution is -1.90. The van der Waals surface area contributed by atoms with Crippen LogP contribution in [0.2, 0.25) is 0 Å². The molecule has 14 heavy (non-hydrogen) atoms. The highest BCUT2D eigenvalue weighted by atomic mass is 32.1. The number of thiazole rings is 1. The molecule has 3 heteroatoms. The van der Waals surface area contributed by atoms with Gasteiger partial charge in [-0.1, -0.05) is 25.2 Å². The van der Waals surface area contributed by atoms with E-state index in [1.54, 1.807) is 11.3 Å². The number of hydrogen-bond acceptors (Lipinski definition) is 3. The van der Waals surface area contributed by atoms with Gasteiger partial charge in [-0.25, -0.2) is 4.98 Å². The average molecular weight is 206 g/mol. The number of benzene rings is 1. The summed E-state index contributed by atoms with van der Waals surface area (Å²) >= 11 is 1.57. The summed E-state index contributed by atoms with van der Waals surface area (Å²) in [6.07, 6.45) is 2.15. The monoisotopic (exact) mass is 206 g/mol. The minimum absolute atomic E-state index is 0.662. The predicted octanol–water partition coefficient (Wildman–Crippen LogP) is 3.00. The van der Waals surface area contributed by atoms with Crippen molar-refractivity contribution in [3.8, 4) is 0 Å². The summed E-state index contributed by atoms with van der Waals surface area (Å²) in [4.78, 5) is 4.29. The summed E-state index contributed by atoms with van der Waals surface area (Å²) in [6, 6.07) is 4.39. The van der Waals surface area contributed by atoms with Crippen molar-refractivity contribution < 1.29 is 0 Å². The van der Waals surface area contributed by atoms with Gasteiger partial charge in [0.1, 0.15) is 0 Å². The number of aromatic nitrogens is 1. The van der Waals surface area contributed by atoms with Crippen molar-refractivity contribution >= 4 is 26.7 Å². The molecule has 1 aromatic heterocycles. The quantitative estimate of drug-likeness (QED) is 0.820. The topological polar surface area (TPSA) is 38.9 Å². The molecule has 0 aliphatic carbocycles. The van der Waals surface area contributed by atoms with E-state index in [2.05, 4.69) is 31.0 Å². The zero-order valence-corrected chi connectivity index (χ0v) is 9.32. The van der Waals surface area contributed by atoms with E-state index >= 15 is 0 Å². The Morgan fingerprint density at radius 1 is 1.21 bits per heavy atom. The standard InChI is InChI=1S/C11H14N2S/c1-3-7-5-9-10(6-8(7)4-2)14-11(12)13-9/h5-6H,3-4H2,1-2H3,(H2,12,13). The molecule has 0 fully saturated rings. The highest BCUT2D eigenvalue weighted by Crippen LogP contribution is 2.27. The Labute approximate surface area is 87.8 Å². The third-order valence-corrected chi connectivity index (χ3v) is 3.34. The zero-order valence-electron chi connectivity index (χ0n) is 8.50.